The molecule has 0 bridgehead atoms. The molecule has 0 spiro atoms. The SMILES string of the molecule is CC(C)(C)c1ccc(-n2nnnc2Sc2ncc(C(=O)O)s2)cc1. The molecular weight excluding hydrogens is 346 g/mol. The maximum atomic E-state index is 10.9. The predicted octanol–water partition coefficient (Wildman–Crippen LogP) is 3.27. The van der Waals surface area contributed by atoms with Crippen LogP contribution in [0.2, 0.25) is 0 Å². The van der Waals surface area contributed by atoms with Crippen molar-refractivity contribution >= 4 is 29.1 Å². The normalized spacial score (nSPS) is 11.6. The number of hydrogen-bond acceptors (Lipinski definition) is 7. The Bertz CT molecular complexity index is 865. The number of thiazole rings is 1. The van der Waals surface area contributed by atoms with Crippen molar-refractivity contribution in [2.45, 2.75) is 35.7 Å². The summed E-state index contributed by atoms with van der Waals surface area (Å²) < 4.78 is 2.19. The smallest absolute Gasteiger partial charge is 0.347 e. The Kier molecular flexibility index (Phi) is 4.37. The Morgan fingerprint density at radius 1 is 1.25 bits per heavy atom. The van der Waals surface area contributed by atoms with Gasteiger partial charge in [0, 0.05) is 0 Å². The monoisotopic (exact) mass is 361 g/mol. The molecule has 2 heterocycles. The number of aromatic nitrogens is 5. The van der Waals surface area contributed by atoms with Crippen molar-refractivity contribution in [2.75, 3.05) is 0 Å². The molecule has 0 atom stereocenters. The van der Waals surface area contributed by atoms with E-state index in [-0.39, 0.29) is 10.3 Å². The largest absolute Gasteiger partial charge is 0.477 e. The first-order chi connectivity index (χ1) is 11.3. The molecule has 9 heteroatoms. The summed E-state index contributed by atoms with van der Waals surface area (Å²) in [6.07, 6.45) is 1.33. The number of carboxylic acids is 1. The van der Waals surface area contributed by atoms with Crippen molar-refractivity contribution in [2.24, 2.45) is 0 Å². The number of rotatable bonds is 4. The number of nitrogens with zero attached hydrogens (tertiary/aromatic N) is 5. The molecular formula is C15H15N5O2S2. The van der Waals surface area contributed by atoms with Crippen molar-refractivity contribution < 1.29 is 9.90 Å². The van der Waals surface area contributed by atoms with Gasteiger partial charge >= 0.3 is 5.97 Å². The molecule has 7 nitrogen and oxygen atoms in total. The molecule has 0 aliphatic rings. The van der Waals surface area contributed by atoms with Crippen LogP contribution in [0.3, 0.4) is 0 Å². The van der Waals surface area contributed by atoms with Crippen molar-refractivity contribution in [1.82, 2.24) is 25.2 Å². The minimum absolute atomic E-state index is 0.0743. The minimum atomic E-state index is -0.989. The molecule has 0 radical (unpaired) electrons. The van der Waals surface area contributed by atoms with Gasteiger partial charge in [-0.3, -0.25) is 0 Å². The molecule has 0 unspecified atom stereocenters. The number of aromatic carboxylic acids is 1. The molecule has 24 heavy (non-hydrogen) atoms. The van der Waals surface area contributed by atoms with E-state index < -0.39 is 5.97 Å². The molecule has 0 saturated carbocycles. The molecule has 0 amide bonds. The van der Waals surface area contributed by atoms with Crippen LogP contribution in [0.5, 0.6) is 0 Å². The van der Waals surface area contributed by atoms with Gasteiger partial charge in [-0.1, -0.05) is 32.9 Å². The summed E-state index contributed by atoms with van der Waals surface area (Å²) in [5.41, 5.74) is 2.13. The molecule has 2 aromatic heterocycles. The standard InChI is InChI=1S/C15H15N5O2S2/c1-15(2,3)9-4-6-10(7-5-9)20-13(17-18-19-20)24-14-16-8-11(23-14)12(21)22/h4-8H,1-3H3,(H,21,22). The summed E-state index contributed by atoms with van der Waals surface area (Å²) in [7, 11) is 0. The minimum Gasteiger partial charge on any atom is -0.477 e. The lowest BCUT2D eigenvalue weighted by Crippen LogP contribution is -2.11. The Labute approximate surface area is 146 Å². The second kappa shape index (κ2) is 6.33. The van der Waals surface area contributed by atoms with Gasteiger partial charge in [-0.25, -0.2) is 9.78 Å². The fraction of sp³-hybridized carbons (Fsp3) is 0.267. The van der Waals surface area contributed by atoms with Crippen molar-refractivity contribution in [3.8, 4) is 5.69 Å². The van der Waals surface area contributed by atoms with Gasteiger partial charge in [-0.2, -0.15) is 4.68 Å². The lowest BCUT2D eigenvalue weighted by Gasteiger charge is -2.19. The summed E-state index contributed by atoms with van der Waals surface area (Å²) in [5.74, 6) is -0.989. The van der Waals surface area contributed by atoms with Gasteiger partial charge in [-0.15, -0.1) is 16.4 Å². The first-order valence-corrected chi connectivity index (χ1v) is 8.74. The quantitative estimate of drug-likeness (QED) is 0.762. The molecule has 1 aromatic carbocycles. The molecule has 0 aliphatic carbocycles. The topological polar surface area (TPSA) is 93.8 Å². The highest BCUT2D eigenvalue weighted by Crippen LogP contribution is 2.31. The molecule has 3 aromatic rings. The van der Waals surface area contributed by atoms with Gasteiger partial charge in [0.2, 0.25) is 5.16 Å². The van der Waals surface area contributed by atoms with E-state index in [0.29, 0.717) is 9.50 Å². The van der Waals surface area contributed by atoms with Crippen LogP contribution >= 0.6 is 23.1 Å². The number of tetrazole rings is 1. The van der Waals surface area contributed by atoms with Crippen LogP contribution in [0.4, 0.5) is 0 Å². The van der Waals surface area contributed by atoms with E-state index in [2.05, 4.69) is 53.4 Å². The van der Waals surface area contributed by atoms with Crippen LogP contribution in [-0.4, -0.2) is 36.3 Å². The van der Waals surface area contributed by atoms with E-state index in [9.17, 15) is 4.79 Å². The second-order valence-corrected chi connectivity index (χ2v) is 8.31. The molecule has 124 valence electrons. The fourth-order valence-electron chi connectivity index (χ4n) is 1.99. The summed E-state index contributed by atoms with van der Waals surface area (Å²) in [5, 5.41) is 21.2. The van der Waals surface area contributed by atoms with E-state index in [1.165, 1.54) is 23.5 Å². The van der Waals surface area contributed by atoms with Gasteiger partial charge in [-0.05, 0) is 45.3 Å². The van der Waals surface area contributed by atoms with Crippen molar-refractivity contribution in [3.63, 3.8) is 0 Å². The van der Waals surface area contributed by atoms with Gasteiger partial charge in [0.1, 0.15) is 4.88 Å². The van der Waals surface area contributed by atoms with E-state index >= 15 is 0 Å². The van der Waals surface area contributed by atoms with E-state index in [4.69, 9.17) is 5.11 Å². The van der Waals surface area contributed by atoms with Crippen LogP contribution in [0.25, 0.3) is 5.69 Å². The Hall–Kier alpha value is -2.26. The van der Waals surface area contributed by atoms with Crippen LogP contribution < -0.4 is 0 Å². The van der Waals surface area contributed by atoms with E-state index in [0.717, 1.165) is 17.0 Å². The third kappa shape index (κ3) is 3.46. The number of carboxylic acid groups (broad SMARTS) is 1. The summed E-state index contributed by atoms with van der Waals surface area (Å²) in [6, 6.07) is 8.03. The van der Waals surface area contributed by atoms with Gasteiger partial charge in [0.25, 0.3) is 0 Å². The average Bonchev–Trinajstić information content (AvgIpc) is 3.16. The first kappa shape index (κ1) is 16.6. The average molecular weight is 361 g/mol. The van der Waals surface area contributed by atoms with Crippen LogP contribution in [0.1, 0.15) is 36.0 Å². The first-order valence-electron chi connectivity index (χ1n) is 7.11. The Balaban J connectivity index is 1.86. The van der Waals surface area contributed by atoms with Crippen LogP contribution in [-0.2, 0) is 5.41 Å². The van der Waals surface area contributed by atoms with Gasteiger partial charge in [0.15, 0.2) is 4.34 Å². The number of benzene rings is 1. The summed E-state index contributed by atoms with van der Waals surface area (Å²) in [4.78, 5) is 15.2. The van der Waals surface area contributed by atoms with Crippen LogP contribution in [0.15, 0.2) is 40.0 Å². The molecule has 0 fully saturated rings. The maximum Gasteiger partial charge on any atom is 0.347 e. The zero-order valence-corrected chi connectivity index (χ0v) is 14.9. The zero-order chi connectivity index (χ0) is 17.3. The Morgan fingerprint density at radius 2 is 1.96 bits per heavy atom. The van der Waals surface area contributed by atoms with Crippen molar-refractivity contribution in [3.05, 3.63) is 40.9 Å². The number of hydrogen-bond donors (Lipinski definition) is 1. The molecule has 3 rings (SSSR count). The van der Waals surface area contributed by atoms with Gasteiger partial charge < -0.3 is 5.11 Å². The van der Waals surface area contributed by atoms with Crippen molar-refractivity contribution in [1.29, 1.82) is 0 Å². The maximum absolute atomic E-state index is 10.9. The number of carbonyl (C=O) groups is 1. The lowest BCUT2D eigenvalue weighted by molar-refractivity contribution is 0.0702. The summed E-state index contributed by atoms with van der Waals surface area (Å²) in [6.45, 7) is 6.47. The molecule has 1 N–H and O–H groups in total. The van der Waals surface area contributed by atoms with E-state index in [1.54, 1.807) is 4.68 Å². The highest BCUT2D eigenvalue weighted by Gasteiger charge is 2.16. The lowest BCUT2D eigenvalue weighted by atomic mass is 9.87. The summed E-state index contributed by atoms with van der Waals surface area (Å²) >= 11 is 2.33. The second-order valence-electron chi connectivity index (χ2n) is 6.07. The molecule has 0 saturated heterocycles. The third-order valence-corrected chi connectivity index (χ3v) is 5.29. The highest BCUT2D eigenvalue weighted by molar-refractivity contribution is 8.00. The Morgan fingerprint density at radius 3 is 2.54 bits per heavy atom. The van der Waals surface area contributed by atoms with Crippen LogP contribution in [0, 0.1) is 0 Å². The fourth-order valence-corrected chi connectivity index (χ4v) is 3.70. The molecule has 0 aliphatic heterocycles. The van der Waals surface area contributed by atoms with E-state index in [1.807, 2.05) is 12.1 Å². The zero-order valence-electron chi connectivity index (χ0n) is 13.3. The van der Waals surface area contributed by atoms with Gasteiger partial charge in [0.05, 0.1) is 11.9 Å². The highest BCUT2D eigenvalue weighted by atomic mass is 32.2. The predicted molar refractivity (Wildman–Crippen MR) is 91.1 cm³/mol. The third-order valence-electron chi connectivity index (χ3n) is 3.29.